The Labute approximate surface area is 212 Å². The average molecular weight is 535 g/mol. The fraction of sp³-hybridized carbons (Fsp3) is 0.320. The molecule has 1 N–H and O–H groups in total. The number of para-hydroxylation sites is 2. The van der Waals surface area contributed by atoms with Crippen molar-refractivity contribution < 1.29 is 30.6 Å². The quantitative estimate of drug-likeness (QED) is 0.193. The molecular weight excluding hydrogens is 509 g/mol. The zero-order valence-corrected chi connectivity index (χ0v) is 20.6. The molecule has 0 unspecified atom stereocenters. The summed E-state index contributed by atoms with van der Waals surface area (Å²) in [6, 6.07) is 11.6. The van der Waals surface area contributed by atoms with E-state index in [0.29, 0.717) is 25.2 Å². The van der Waals surface area contributed by atoms with Crippen LogP contribution in [0.25, 0.3) is 17.1 Å². The molecule has 2 heterocycles. The van der Waals surface area contributed by atoms with Gasteiger partial charge < -0.3 is 9.50 Å². The summed E-state index contributed by atoms with van der Waals surface area (Å²) in [6.45, 7) is 2.46. The van der Waals surface area contributed by atoms with E-state index < -0.39 is 15.6 Å². The fourth-order valence-electron chi connectivity index (χ4n) is 3.95. The first kappa shape index (κ1) is 26.6. The SMILES string of the molecule is O=C(/C=C/c1cnc2ccccc2n1)NCCCCN1CCc2ccc(OS(=O)(=O)C(F)(F)F)cc2C1. The summed E-state index contributed by atoms with van der Waals surface area (Å²) < 4.78 is 64.5. The van der Waals surface area contributed by atoms with Crippen LogP contribution in [0.15, 0.2) is 54.7 Å². The Balaban J connectivity index is 1.20. The highest BCUT2D eigenvalue weighted by Gasteiger charge is 2.48. The molecule has 12 heteroatoms. The lowest BCUT2D eigenvalue weighted by molar-refractivity contribution is -0.116. The van der Waals surface area contributed by atoms with E-state index >= 15 is 0 Å². The van der Waals surface area contributed by atoms with E-state index in [2.05, 4.69) is 24.4 Å². The first-order valence-corrected chi connectivity index (χ1v) is 13.0. The molecule has 0 saturated heterocycles. The lowest BCUT2D eigenvalue weighted by Crippen LogP contribution is -2.32. The Hall–Kier alpha value is -3.51. The van der Waals surface area contributed by atoms with Crippen LogP contribution in [0.3, 0.4) is 0 Å². The van der Waals surface area contributed by atoms with Gasteiger partial charge in [0.25, 0.3) is 0 Å². The molecule has 0 radical (unpaired) electrons. The minimum absolute atomic E-state index is 0.233. The Kier molecular flexibility index (Phi) is 8.08. The largest absolute Gasteiger partial charge is 0.534 e. The number of halogens is 3. The maximum Gasteiger partial charge on any atom is 0.534 e. The fourth-order valence-corrected chi connectivity index (χ4v) is 4.40. The van der Waals surface area contributed by atoms with E-state index in [9.17, 15) is 26.4 Å². The van der Waals surface area contributed by atoms with Crippen LogP contribution >= 0.6 is 0 Å². The Morgan fingerprint density at radius 1 is 1.11 bits per heavy atom. The van der Waals surface area contributed by atoms with Gasteiger partial charge in [-0.25, -0.2) is 4.98 Å². The first-order valence-electron chi connectivity index (χ1n) is 11.6. The highest BCUT2D eigenvalue weighted by molar-refractivity contribution is 7.88. The molecular formula is C25H25F3N4O4S. The molecule has 0 aliphatic carbocycles. The van der Waals surface area contributed by atoms with Crippen LogP contribution < -0.4 is 9.50 Å². The monoisotopic (exact) mass is 534 g/mol. The summed E-state index contributed by atoms with van der Waals surface area (Å²) in [5, 5.41) is 2.83. The number of hydrogen-bond acceptors (Lipinski definition) is 7. The van der Waals surface area contributed by atoms with Crippen molar-refractivity contribution in [3.63, 3.8) is 0 Å². The van der Waals surface area contributed by atoms with Gasteiger partial charge in [-0.1, -0.05) is 18.2 Å². The summed E-state index contributed by atoms with van der Waals surface area (Å²) in [5.74, 6) is -0.591. The van der Waals surface area contributed by atoms with Crippen LogP contribution in [0.5, 0.6) is 5.75 Å². The zero-order chi connectivity index (χ0) is 26.5. The molecule has 1 aliphatic heterocycles. The van der Waals surface area contributed by atoms with Gasteiger partial charge in [0.2, 0.25) is 5.91 Å². The van der Waals surface area contributed by atoms with Crippen molar-refractivity contribution in [3.05, 3.63) is 71.6 Å². The standard InChI is InChI=1S/C25H25F3N4O4S/c26-25(27,28)37(34,35)36-21-9-7-18-11-14-32(17-19(18)15-21)13-4-3-12-29-24(33)10-8-20-16-30-22-5-1-2-6-23(22)31-20/h1-2,5-10,15-16H,3-4,11-14,17H2,(H,29,33)/b10-8+. The third kappa shape index (κ3) is 7.04. The lowest BCUT2D eigenvalue weighted by atomic mass is 9.99. The second-order valence-corrected chi connectivity index (χ2v) is 10.1. The number of fused-ring (bicyclic) bond motifs is 2. The molecule has 2 aromatic carbocycles. The average Bonchev–Trinajstić information content (AvgIpc) is 2.86. The molecule has 196 valence electrons. The molecule has 0 fully saturated rings. The van der Waals surface area contributed by atoms with Gasteiger partial charge in [-0.2, -0.15) is 21.6 Å². The van der Waals surface area contributed by atoms with Gasteiger partial charge in [-0.15, -0.1) is 0 Å². The van der Waals surface area contributed by atoms with E-state index in [0.717, 1.165) is 48.1 Å². The second kappa shape index (κ2) is 11.3. The van der Waals surface area contributed by atoms with Crippen LogP contribution in [0, 0.1) is 0 Å². The lowest BCUT2D eigenvalue weighted by Gasteiger charge is -2.29. The molecule has 1 aromatic heterocycles. The van der Waals surface area contributed by atoms with E-state index in [4.69, 9.17) is 0 Å². The minimum Gasteiger partial charge on any atom is -0.376 e. The molecule has 3 aromatic rings. The molecule has 1 amide bonds. The predicted molar refractivity (Wildman–Crippen MR) is 132 cm³/mol. The third-order valence-corrected chi connectivity index (χ3v) is 6.81. The van der Waals surface area contributed by atoms with Gasteiger partial charge in [0.15, 0.2) is 0 Å². The minimum atomic E-state index is -5.71. The number of aromatic nitrogens is 2. The highest BCUT2D eigenvalue weighted by atomic mass is 32.2. The van der Waals surface area contributed by atoms with Gasteiger partial charge in [0.05, 0.1) is 22.9 Å². The molecule has 0 atom stereocenters. The maximum atomic E-state index is 12.6. The topological polar surface area (TPSA) is 101 Å². The molecule has 0 spiro atoms. The molecule has 0 bridgehead atoms. The van der Waals surface area contributed by atoms with Gasteiger partial charge in [-0.3, -0.25) is 14.7 Å². The molecule has 4 rings (SSSR count). The predicted octanol–water partition coefficient (Wildman–Crippen LogP) is 3.83. The van der Waals surface area contributed by atoms with Crippen LogP contribution in [-0.2, 0) is 27.9 Å². The second-order valence-electron chi connectivity index (χ2n) is 8.55. The maximum absolute atomic E-state index is 12.6. The van der Waals surface area contributed by atoms with Crippen LogP contribution in [0.4, 0.5) is 13.2 Å². The smallest absolute Gasteiger partial charge is 0.376 e. The normalized spacial score (nSPS) is 14.6. The summed E-state index contributed by atoms with van der Waals surface area (Å²) >= 11 is 0. The molecule has 1 aliphatic rings. The van der Waals surface area contributed by atoms with Gasteiger partial charge in [0, 0.05) is 25.7 Å². The number of carbonyl (C=O) groups excluding carboxylic acids is 1. The van der Waals surface area contributed by atoms with Gasteiger partial charge in [-0.05, 0) is 67.3 Å². The molecule has 0 saturated carbocycles. The van der Waals surface area contributed by atoms with Crippen molar-refractivity contribution in [2.75, 3.05) is 19.6 Å². The van der Waals surface area contributed by atoms with Gasteiger partial charge in [0.1, 0.15) is 5.75 Å². The van der Waals surface area contributed by atoms with E-state index in [1.54, 1.807) is 18.3 Å². The van der Waals surface area contributed by atoms with Crippen molar-refractivity contribution in [1.29, 1.82) is 0 Å². The van der Waals surface area contributed by atoms with E-state index in [1.165, 1.54) is 18.2 Å². The number of alkyl halides is 3. The summed E-state index contributed by atoms with van der Waals surface area (Å²) in [4.78, 5) is 23.0. The number of nitrogens with one attached hydrogen (secondary N) is 1. The number of amides is 1. The number of unbranched alkanes of at least 4 members (excludes halogenated alkanes) is 1. The Bertz CT molecular complexity index is 1410. The molecule has 37 heavy (non-hydrogen) atoms. The zero-order valence-electron chi connectivity index (χ0n) is 19.7. The number of hydrogen-bond donors (Lipinski definition) is 1. The number of nitrogens with zero attached hydrogens (tertiary/aromatic N) is 3. The van der Waals surface area contributed by atoms with Crippen molar-refractivity contribution in [1.82, 2.24) is 20.2 Å². The summed E-state index contributed by atoms with van der Waals surface area (Å²) in [5.41, 5.74) is -1.68. The van der Waals surface area contributed by atoms with Crippen molar-refractivity contribution in [2.45, 2.75) is 31.3 Å². The highest BCUT2D eigenvalue weighted by Crippen LogP contribution is 2.29. The van der Waals surface area contributed by atoms with Crippen LogP contribution in [0.1, 0.15) is 29.7 Å². The van der Waals surface area contributed by atoms with Crippen LogP contribution in [0.2, 0.25) is 0 Å². The van der Waals surface area contributed by atoms with Crippen molar-refractivity contribution >= 4 is 33.1 Å². The van der Waals surface area contributed by atoms with Crippen molar-refractivity contribution in [2.24, 2.45) is 0 Å². The number of benzene rings is 2. The Morgan fingerprint density at radius 3 is 2.68 bits per heavy atom. The summed E-state index contributed by atoms with van der Waals surface area (Å²) in [6.07, 6.45) is 6.87. The van der Waals surface area contributed by atoms with E-state index in [-0.39, 0.29) is 11.7 Å². The van der Waals surface area contributed by atoms with Crippen molar-refractivity contribution in [3.8, 4) is 5.75 Å². The first-order chi connectivity index (χ1) is 17.6. The van der Waals surface area contributed by atoms with Crippen LogP contribution in [-0.4, -0.2) is 54.3 Å². The number of carbonyl (C=O) groups is 1. The third-order valence-electron chi connectivity index (χ3n) is 5.83. The number of rotatable bonds is 9. The summed E-state index contributed by atoms with van der Waals surface area (Å²) in [7, 11) is -5.71. The molecule has 8 nitrogen and oxygen atoms in total. The van der Waals surface area contributed by atoms with Gasteiger partial charge >= 0.3 is 15.6 Å². The Morgan fingerprint density at radius 2 is 1.89 bits per heavy atom. The van der Waals surface area contributed by atoms with E-state index in [1.807, 2.05) is 24.3 Å².